The van der Waals surface area contributed by atoms with Crippen LogP contribution in [0.1, 0.15) is 18.4 Å². The normalized spacial score (nSPS) is 22.6. The van der Waals surface area contributed by atoms with Crippen molar-refractivity contribution in [2.45, 2.75) is 31.5 Å². The highest BCUT2D eigenvalue weighted by molar-refractivity contribution is 6.30. The molecule has 0 heterocycles. The van der Waals surface area contributed by atoms with Gasteiger partial charge >= 0.3 is 0 Å². The Balaban J connectivity index is 1.95. The molecule has 18 heavy (non-hydrogen) atoms. The lowest BCUT2D eigenvalue weighted by Crippen LogP contribution is -2.44. The molecule has 1 aliphatic rings. The van der Waals surface area contributed by atoms with Gasteiger partial charge in [0.25, 0.3) is 0 Å². The van der Waals surface area contributed by atoms with Crippen molar-refractivity contribution in [3.63, 3.8) is 0 Å². The van der Waals surface area contributed by atoms with Gasteiger partial charge in [0.1, 0.15) is 0 Å². The van der Waals surface area contributed by atoms with E-state index in [9.17, 15) is 5.11 Å². The standard InChI is InChI=1S/C13H18ClNO3/c1-17-11-5-10(6-11)15-7-8-3-9(14)4-12(18-2)13(8)16/h3-4,10-11,15-16H,5-7H2,1-2H3. The van der Waals surface area contributed by atoms with Crippen LogP contribution in [-0.2, 0) is 11.3 Å². The molecule has 0 saturated heterocycles. The Labute approximate surface area is 112 Å². The van der Waals surface area contributed by atoms with Gasteiger partial charge in [0.05, 0.1) is 13.2 Å². The highest BCUT2D eigenvalue weighted by atomic mass is 35.5. The first-order valence-corrected chi connectivity index (χ1v) is 6.33. The largest absolute Gasteiger partial charge is 0.504 e. The summed E-state index contributed by atoms with van der Waals surface area (Å²) in [5.41, 5.74) is 0.750. The third-order valence-electron chi connectivity index (χ3n) is 3.35. The second-order valence-corrected chi connectivity index (χ2v) is 4.96. The van der Waals surface area contributed by atoms with E-state index in [1.54, 1.807) is 19.2 Å². The second-order valence-electron chi connectivity index (χ2n) is 4.52. The van der Waals surface area contributed by atoms with E-state index >= 15 is 0 Å². The molecule has 0 atom stereocenters. The number of hydrogen-bond acceptors (Lipinski definition) is 4. The molecule has 0 spiro atoms. The lowest BCUT2D eigenvalue weighted by atomic mass is 9.89. The SMILES string of the molecule is COc1cc(Cl)cc(CNC2CC(OC)C2)c1O. The van der Waals surface area contributed by atoms with Gasteiger partial charge in [-0.25, -0.2) is 0 Å². The molecular weight excluding hydrogens is 254 g/mol. The number of rotatable bonds is 5. The Morgan fingerprint density at radius 3 is 2.72 bits per heavy atom. The van der Waals surface area contributed by atoms with Crippen LogP contribution >= 0.6 is 11.6 Å². The Hall–Kier alpha value is -0.970. The minimum Gasteiger partial charge on any atom is -0.504 e. The molecule has 0 radical (unpaired) electrons. The van der Waals surface area contributed by atoms with Crippen molar-refractivity contribution in [1.82, 2.24) is 5.32 Å². The van der Waals surface area contributed by atoms with Crippen LogP contribution in [0.4, 0.5) is 0 Å². The molecule has 1 aromatic carbocycles. The average Bonchev–Trinajstić information content (AvgIpc) is 2.31. The minimum atomic E-state index is 0.150. The summed E-state index contributed by atoms with van der Waals surface area (Å²) >= 11 is 5.97. The van der Waals surface area contributed by atoms with Crippen LogP contribution in [0.2, 0.25) is 5.02 Å². The Kier molecular flexibility index (Phi) is 4.32. The van der Waals surface area contributed by atoms with Crippen molar-refractivity contribution < 1.29 is 14.6 Å². The summed E-state index contributed by atoms with van der Waals surface area (Å²) in [7, 11) is 3.24. The van der Waals surface area contributed by atoms with E-state index in [2.05, 4.69) is 5.32 Å². The first-order chi connectivity index (χ1) is 8.63. The molecule has 100 valence electrons. The fraction of sp³-hybridized carbons (Fsp3) is 0.538. The van der Waals surface area contributed by atoms with Gasteiger partial charge in [-0.2, -0.15) is 0 Å². The van der Waals surface area contributed by atoms with E-state index in [1.165, 1.54) is 7.11 Å². The summed E-state index contributed by atoms with van der Waals surface area (Å²) in [6, 6.07) is 3.79. The van der Waals surface area contributed by atoms with Crippen molar-refractivity contribution >= 4 is 11.6 Å². The monoisotopic (exact) mass is 271 g/mol. The predicted molar refractivity (Wildman–Crippen MR) is 70.3 cm³/mol. The molecule has 2 rings (SSSR count). The smallest absolute Gasteiger partial charge is 0.162 e. The number of methoxy groups -OCH3 is 2. The molecule has 0 bridgehead atoms. The summed E-state index contributed by atoms with van der Waals surface area (Å²) in [6.45, 7) is 0.573. The van der Waals surface area contributed by atoms with Crippen LogP contribution in [-0.4, -0.2) is 31.5 Å². The van der Waals surface area contributed by atoms with Crippen LogP contribution in [0, 0.1) is 0 Å². The Morgan fingerprint density at radius 1 is 1.39 bits per heavy atom. The van der Waals surface area contributed by atoms with Crippen molar-refractivity contribution in [3.8, 4) is 11.5 Å². The number of benzene rings is 1. The van der Waals surface area contributed by atoms with E-state index in [1.807, 2.05) is 0 Å². The number of aromatic hydroxyl groups is 1. The van der Waals surface area contributed by atoms with E-state index in [0.717, 1.165) is 18.4 Å². The number of ether oxygens (including phenoxy) is 2. The number of nitrogens with one attached hydrogen (secondary N) is 1. The van der Waals surface area contributed by atoms with Gasteiger partial charge in [-0.15, -0.1) is 0 Å². The quantitative estimate of drug-likeness (QED) is 0.863. The van der Waals surface area contributed by atoms with Crippen LogP contribution in [0.25, 0.3) is 0 Å². The van der Waals surface area contributed by atoms with E-state index in [4.69, 9.17) is 21.1 Å². The zero-order valence-corrected chi connectivity index (χ0v) is 11.3. The molecule has 1 saturated carbocycles. The average molecular weight is 272 g/mol. The Bertz CT molecular complexity index is 419. The number of phenols is 1. The van der Waals surface area contributed by atoms with Gasteiger partial charge in [0.15, 0.2) is 11.5 Å². The summed E-state index contributed by atoms with van der Waals surface area (Å²) in [5.74, 6) is 0.555. The second kappa shape index (κ2) is 5.78. The summed E-state index contributed by atoms with van der Waals surface area (Å²) < 4.78 is 10.3. The molecule has 0 amide bonds. The zero-order valence-electron chi connectivity index (χ0n) is 10.6. The highest BCUT2D eigenvalue weighted by Gasteiger charge is 2.28. The lowest BCUT2D eigenvalue weighted by molar-refractivity contribution is 0.0169. The van der Waals surface area contributed by atoms with Gasteiger partial charge < -0.3 is 19.9 Å². The predicted octanol–water partition coefficient (Wildman–Crippen LogP) is 2.32. The molecule has 0 aromatic heterocycles. The third kappa shape index (κ3) is 2.88. The molecule has 2 N–H and O–H groups in total. The highest BCUT2D eigenvalue weighted by Crippen LogP contribution is 2.33. The van der Waals surface area contributed by atoms with Crippen LogP contribution in [0.15, 0.2) is 12.1 Å². The van der Waals surface area contributed by atoms with Crippen molar-refractivity contribution in [2.24, 2.45) is 0 Å². The summed E-state index contributed by atoms with van der Waals surface area (Å²) in [4.78, 5) is 0. The molecule has 4 nitrogen and oxygen atoms in total. The first kappa shape index (κ1) is 13.5. The fourth-order valence-electron chi connectivity index (χ4n) is 2.10. The van der Waals surface area contributed by atoms with Gasteiger partial charge in [-0.3, -0.25) is 0 Å². The maximum Gasteiger partial charge on any atom is 0.162 e. The van der Waals surface area contributed by atoms with Gasteiger partial charge in [0.2, 0.25) is 0 Å². The molecule has 1 aromatic rings. The van der Waals surface area contributed by atoms with Gasteiger partial charge in [-0.1, -0.05) is 11.6 Å². The Morgan fingerprint density at radius 2 is 2.11 bits per heavy atom. The van der Waals surface area contributed by atoms with Crippen molar-refractivity contribution in [3.05, 3.63) is 22.7 Å². The van der Waals surface area contributed by atoms with E-state index < -0.39 is 0 Å². The van der Waals surface area contributed by atoms with E-state index in [-0.39, 0.29) is 5.75 Å². The first-order valence-electron chi connectivity index (χ1n) is 5.95. The topological polar surface area (TPSA) is 50.7 Å². The number of halogens is 1. The lowest BCUT2D eigenvalue weighted by Gasteiger charge is -2.34. The zero-order chi connectivity index (χ0) is 13.1. The van der Waals surface area contributed by atoms with Crippen molar-refractivity contribution in [1.29, 1.82) is 0 Å². The van der Waals surface area contributed by atoms with E-state index in [0.29, 0.717) is 29.5 Å². The summed E-state index contributed by atoms with van der Waals surface area (Å²) in [5, 5.41) is 13.9. The minimum absolute atomic E-state index is 0.150. The molecule has 0 unspecified atom stereocenters. The van der Waals surface area contributed by atoms with Crippen LogP contribution in [0.5, 0.6) is 11.5 Å². The van der Waals surface area contributed by atoms with Crippen LogP contribution in [0.3, 0.4) is 0 Å². The molecule has 1 fully saturated rings. The molecular formula is C13H18ClNO3. The van der Waals surface area contributed by atoms with Gasteiger partial charge in [0, 0.05) is 36.3 Å². The maximum atomic E-state index is 9.97. The molecule has 0 aliphatic heterocycles. The fourth-order valence-corrected chi connectivity index (χ4v) is 2.33. The molecule has 1 aliphatic carbocycles. The van der Waals surface area contributed by atoms with Crippen LogP contribution < -0.4 is 10.1 Å². The third-order valence-corrected chi connectivity index (χ3v) is 3.57. The number of phenolic OH excluding ortho intramolecular Hbond substituents is 1. The maximum absolute atomic E-state index is 9.97. The molecule has 5 heteroatoms. The summed E-state index contributed by atoms with van der Waals surface area (Å²) in [6.07, 6.45) is 2.38. The number of hydrogen-bond donors (Lipinski definition) is 2. The van der Waals surface area contributed by atoms with Gasteiger partial charge in [-0.05, 0) is 18.9 Å². The van der Waals surface area contributed by atoms with Crippen molar-refractivity contribution in [2.75, 3.05) is 14.2 Å².